The lowest BCUT2D eigenvalue weighted by Crippen LogP contribution is -2.52. The predicted molar refractivity (Wildman–Crippen MR) is 145 cm³/mol. The molecule has 1 aromatic carbocycles. The Labute approximate surface area is 221 Å². The highest BCUT2D eigenvalue weighted by Gasteiger charge is 2.32. The average Bonchev–Trinajstić information content (AvgIpc) is 2.91. The molecule has 4 rings (SSSR count). The van der Waals surface area contributed by atoms with E-state index in [9.17, 15) is 19.2 Å². The number of aromatic nitrogens is 3. The number of ketones is 1. The smallest absolute Gasteiger partial charge is 0.332 e. The molecule has 2 aromatic heterocycles. The fraction of sp³-hybridized carbons (Fsp3) is 0.393. The SMILES string of the molecule is CCn1c(=O)c(C(=O)CN2CCCC[C@@H]2C(=O)NCc2ccnc(C)c2)c(N)n(Cc2ccccc2)c1=O. The van der Waals surface area contributed by atoms with Gasteiger partial charge in [-0.25, -0.2) is 4.79 Å². The Balaban J connectivity index is 1.57. The van der Waals surface area contributed by atoms with Crippen molar-refractivity contribution in [2.75, 3.05) is 18.8 Å². The standard InChI is InChI=1S/C28H34N6O4/c1-3-33-27(37)24(25(29)34(28(33)38)17-20-9-5-4-6-10-20)23(35)18-32-14-8-7-11-22(32)26(36)31-16-21-12-13-30-19(2)15-21/h4-6,9-10,12-13,15,22H,3,7-8,11,14,16-18,29H2,1-2H3,(H,31,36)/t22-/m1/s1. The van der Waals surface area contributed by atoms with Crippen molar-refractivity contribution in [3.8, 4) is 0 Å². The van der Waals surface area contributed by atoms with Crippen LogP contribution in [0, 0.1) is 6.92 Å². The van der Waals surface area contributed by atoms with Crippen LogP contribution in [0.2, 0.25) is 0 Å². The van der Waals surface area contributed by atoms with E-state index in [-0.39, 0.29) is 36.9 Å². The molecule has 1 atom stereocenters. The van der Waals surface area contributed by atoms with Gasteiger partial charge in [0.15, 0.2) is 5.78 Å². The number of benzene rings is 1. The molecule has 1 aliphatic heterocycles. The van der Waals surface area contributed by atoms with E-state index in [0.29, 0.717) is 19.5 Å². The number of piperidine rings is 1. The number of Topliss-reactive ketones (excluding diaryl/α,β-unsaturated/α-hetero) is 1. The molecule has 0 spiro atoms. The van der Waals surface area contributed by atoms with E-state index >= 15 is 0 Å². The Morgan fingerprint density at radius 2 is 1.84 bits per heavy atom. The van der Waals surface area contributed by atoms with Crippen LogP contribution in [0.15, 0.2) is 58.3 Å². The van der Waals surface area contributed by atoms with Gasteiger partial charge in [0.1, 0.15) is 11.4 Å². The third kappa shape index (κ3) is 5.91. The fourth-order valence-corrected chi connectivity index (χ4v) is 4.94. The molecule has 1 aliphatic rings. The highest BCUT2D eigenvalue weighted by molar-refractivity contribution is 6.01. The van der Waals surface area contributed by atoms with Gasteiger partial charge in [-0.15, -0.1) is 0 Å². The van der Waals surface area contributed by atoms with Crippen LogP contribution in [0.25, 0.3) is 0 Å². The van der Waals surface area contributed by atoms with E-state index in [4.69, 9.17) is 5.73 Å². The summed E-state index contributed by atoms with van der Waals surface area (Å²) >= 11 is 0. The van der Waals surface area contributed by atoms with Gasteiger partial charge in [-0.05, 0) is 56.5 Å². The zero-order valence-corrected chi connectivity index (χ0v) is 21.9. The van der Waals surface area contributed by atoms with Crippen molar-refractivity contribution in [2.45, 2.75) is 58.8 Å². The van der Waals surface area contributed by atoms with Crippen molar-refractivity contribution in [3.05, 3.63) is 91.9 Å². The van der Waals surface area contributed by atoms with Crippen molar-refractivity contribution < 1.29 is 9.59 Å². The molecule has 10 heteroatoms. The number of amides is 1. The van der Waals surface area contributed by atoms with Gasteiger partial charge >= 0.3 is 5.69 Å². The Morgan fingerprint density at radius 1 is 1.08 bits per heavy atom. The van der Waals surface area contributed by atoms with Gasteiger partial charge in [0.25, 0.3) is 5.56 Å². The summed E-state index contributed by atoms with van der Waals surface area (Å²) in [7, 11) is 0. The first-order valence-electron chi connectivity index (χ1n) is 12.9. The lowest BCUT2D eigenvalue weighted by Gasteiger charge is -2.34. The molecule has 38 heavy (non-hydrogen) atoms. The number of carbonyl (C=O) groups excluding carboxylic acids is 2. The molecule has 3 heterocycles. The number of likely N-dealkylation sites (tertiary alicyclic amines) is 1. The largest absolute Gasteiger partial charge is 0.384 e. The highest BCUT2D eigenvalue weighted by atomic mass is 16.2. The number of nitrogen functional groups attached to an aromatic ring is 1. The van der Waals surface area contributed by atoms with Gasteiger partial charge in [0.05, 0.1) is 19.1 Å². The van der Waals surface area contributed by atoms with Gasteiger partial charge in [-0.3, -0.25) is 33.4 Å². The minimum Gasteiger partial charge on any atom is -0.384 e. The van der Waals surface area contributed by atoms with Crippen molar-refractivity contribution in [3.63, 3.8) is 0 Å². The zero-order chi connectivity index (χ0) is 27.2. The van der Waals surface area contributed by atoms with E-state index in [1.807, 2.05) is 49.4 Å². The van der Waals surface area contributed by atoms with Crippen LogP contribution in [-0.2, 0) is 24.4 Å². The second kappa shape index (κ2) is 12.0. The summed E-state index contributed by atoms with van der Waals surface area (Å²) in [4.78, 5) is 58.8. The average molecular weight is 519 g/mol. The summed E-state index contributed by atoms with van der Waals surface area (Å²) in [6, 6.07) is 12.5. The number of hydrogen-bond donors (Lipinski definition) is 2. The summed E-state index contributed by atoms with van der Waals surface area (Å²) in [5, 5.41) is 2.97. The third-order valence-corrected chi connectivity index (χ3v) is 6.94. The Kier molecular flexibility index (Phi) is 8.52. The molecule has 200 valence electrons. The number of carbonyl (C=O) groups is 2. The molecule has 3 N–H and O–H groups in total. The Bertz CT molecular complexity index is 1430. The maximum atomic E-state index is 13.5. The van der Waals surface area contributed by atoms with E-state index in [1.54, 1.807) is 18.0 Å². The minimum absolute atomic E-state index is 0.107. The minimum atomic E-state index is -0.699. The first-order valence-corrected chi connectivity index (χ1v) is 12.9. The van der Waals surface area contributed by atoms with Crippen LogP contribution in [-0.4, -0.2) is 49.8 Å². The lowest BCUT2D eigenvalue weighted by molar-refractivity contribution is -0.127. The highest BCUT2D eigenvalue weighted by Crippen LogP contribution is 2.19. The van der Waals surface area contributed by atoms with Crippen molar-refractivity contribution in [1.82, 2.24) is 24.3 Å². The Hall–Kier alpha value is -4.05. The second-order valence-electron chi connectivity index (χ2n) is 9.59. The molecular formula is C28H34N6O4. The number of aryl methyl sites for hydroxylation is 1. The summed E-state index contributed by atoms with van der Waals surface area (Å²) in [6.07, 6.45) is 4.01. The fourth-order valence-electron chi connectivity index (χ4n) is 4.94. The monoisotopic (exact) mass is 518 g/mol. The quantitative estimate of drug-likeness (QED) is 0.412. The summed E-state index contributed by atoms with van der Waals surface area (Å²) in [5.74, 6) is -0.814. The van der Waals surface area contributed by atoms with E-state index in [2.05, 4.69) is 10.3 Å². The van der Waals surface area contributed by atoms with Gasteiger partial charge in [0, 0.05) is 25.0 Å². The summed E-state index contributed by atoms with van der Waals surface area (Å²) < 4.78 is 2.30. The van der Waals surface area contributed by atoms with Crippen LogP contribution in [0.3, 0.4) is 0 Å². The second-order valence-corrected chi connectivity index (χ2v) is 9.59. The normalized spacial score (nSPS) is 15.8. The van der Waals surface area contributed by atoms with Gasteiger partial charge in [-0.1, -0.05) is 36.8 Å². The third-order valence-electron chi connectivity index (χ3n) is 6.94. The molecule has 3 aromatic rings. The van der Waals surface area contributed by atoms with Crippen LogP contribution in [0.5, 0.6) is 0 Å². The van der Waals surface area contributed by atoms with Gasteiger partial charge in [-0.2, -0.15) is 0 Å². The number of hydrogen-bond acceptors (Lipinski definition) is 7. The maximum absolute atomic E-state index is 13.5. The van der Waals surface area contributed by atoms with Crippen molar-refractivity contribution in [1.29, 1.82) is 0 Å². The van der Waals surface area contributed by atoms with Gasteiger partial charge in [0.2, 0.25) is 5.91 Å². The van der Waals surface area contributed by atoms with Crippen LogP contribution in [0.1, 0.15) is 53.4 Å². The van der Waals surface area contributed by atoms with Crippen molar-refractivity contribution >= 4 is 17.5 Å². The molecule has 10 nitrogen and oxygen atoms in total. The van der Waals surface area contributed by atoms with E-state index < -0.39 is 23.1 Å². The Morgan fingerprint density at radius 3 is 2.55 bits per heavy atom. The number of nitrogens with zero attached hydrogens (tertiary/aromatic N) is 4. The molecular weight excluding hydrogens is 484 g/mol. The zero-order valence-electron chi connectivity index (χ0n) is 21.9. The lowest BCUT2D eigenvalue weighted by atomic mass is 10.00. The molecule has 0 aliphatic carbocycles. The summed E-state index contributed by atoms with van der Waals surface area (Å²) in [6.45, 7) is 4.57. The van der Waals surface area contributed by atoms with Crippen LogP contribution >= 0.6 is 0 Å². The number of pyridine rings is 1. The van der Waals surface area contributed by atoms with Gasteiger partial charge < -0.3 is 11.1 Å². The predicted octanol–water partition coefficient (Wildman–Crippen LogP) is 1.72. The van der Waals surface area contributed by atoms with Crippen molar-refractivity contribution in [2.24, 2.45) is 0 Å². The molecule has 1 amide bonds. The van der Waals surface area contributed by atoms with E-state index in [1.165, 1.54) is 4.57 Å². The summed E-state index contributed by atoms with van der Waals surface area (Å²) in [5.41, 5.74) is 7.47. The van der Waals surface area contributed by atoms with Crippen LogP contribution in [0.4, 0.5) is 5.82 Å². The first-order chi connectivity index (χ1) is 18.3. The molecule has 0 bridgehead atoms. The molecule has 0 radical (unpaired) electrons. The number of anilines is 1. The maximum Gasteiger partial charge on any atom is 0.332 e. The molecule has 0 unspecified atom stereocenters. The number of nitrogens with one attached hydrogen (secondary N) is 1. The molecule has 1 saturated heterocycles. The number of nitrogens with two attached hydrogens (primary N) is 1. The molecule has 0 saturated carbocycles. The molecule has 1 fully saturated rings. The van der Waals surface area contributed by atoms with Crippen LogP contribution < -0.4 is 22.3 Å². The first kappa shape index (κ1) is 27.0. The topological polar surface area (TPSA) is 132 Å². The number of rotatable bonds is 9. The van der Waals surface area contributed by atoms with E-state index in [0.717, 1.165) is 34.2 Å².